The molecule has 0 atom stereocenters. The SMILES string of the molecule is O=C(/C=C\n1cnc(-c2cc(C(F)(F)F)cc(C(F)(F)F)c2)n1)N1CC(c2ccccn2)C1. The summed E-state index contributed by atoms with van der Waals surface area (Å²) in [6.07, 6.45) is -4.78. The standard InChI is InChI=1S/C21H15F6N5O/c22-20(23,24)15-7-13(8-16(9-15)21(25,26)27)19-29-12-32(30-19)6-4-18(33)31-10-14(11-31)17-3-1-2-5-28-17/h1-9,12,14H,10-11H2/b6-4-. The van der Waals surface area contributed by atoms with Gasteiger partial charge in [-0.15, -0.1) is 5.10 Å². The number of likely N-dealkylation sites (tertiary alicyclic amines) is 1. The Balaban J connectivity index is 1.47. The van der Waals surface area contributed by atoms with Gasteiger partial charge in [0.2, 0.25) is 5.91 Å². The summed E-state index contributed by atoms with van der Waals surface area (Å²) in [5.41, 5.74) is -2.49. The molecular formula is C21H15F6N5O. The summed E-state index contributed by atoms with van der Waals surface area (Å²) >= 11 is 0. The molecule has 3 aromatic rings. The maximum Gasteiger partial charge on any atom is 0.416 e. The molecule has 6 nitrogen and oxygen atoms in total. The van der Waals surface area contributed by atoms with Crippen molar-refractivity contribution in [2.24, 2.45) is 0 Å². The lowest BCUT2D eigenvalue weighted by Gasteiger charge is -2.38. The number of nitrogens with zero attached hydrogens (tertiary/aromatic N) is 5. The molecule has 2 aromatic heterocycles. The van der Waals surface area contributed by atoms with Crippen molar-refractivity contribution in [2.75, 3.05) is 13.1 Å². The molecule has 0 saturated carbocycles. The summed E-state index contributed by atoms with van der Waals surface area (Å²) in [4.78, 5) is 21.9. The summed E-state index contributed by atoms with van der Waals surface area (Å²) in [6.45, 7) is 0.959. The van der Waals surface area contributed by atoms with Crippen molar-refractivity contribution in [3.8, 4) is 11.4 Å². The molecule has 0 aliphatic carbocycles. The van der Waals surface area contributed by atoms with Crippen molar-refractivity contribution < 1.29 is 31.1 Å². The highest BCUT2D eigenvalue weighted by atomic mass is 19.4. The molecule has 1 saturated heterocycles. The van der Waals surface area contributed by atoms with E-state index in [1.807, 2.05) is 12.1 Å². The van der Waals surface area contributed by atoms with Gasteiger partial charge in [0.15, 0.2) is 5.82 Å². The average molecular weight is 467 g/mol. The summed E-state index contributed by atoms with van der Waals surface area (Å²) in [6, 6.07) is 6.64. The molecule has 0 bridgehead atoms. The minimum Gasteiger partial charge on any atom is -0.338 e. The lowest BCUT2D eigenvalue weighted by molar-refractivity contribution is -0.143. The normalized spacial score (nSPS) is 15.2. The fraction of sp³-hybridized carbons (Fsp3) is 0.238. The molecule has 0 unspecified atom stereocenters. The Morgan fingerprint density at radius 2 is 1.64 bits per heavy atom. The van der Waals surface area contributed by atoms with Crippen LogP contribution in [0.25, 0.3) is 17.6 Å². The number of rotatable bonds is 4. The van der Waals surface area contributed by atoms with Gasteiger partial charge in [-0.05, 0) is 30.3 Å². The third-order valence-corrected chi connectivity index (χ3v) is 5.02. The topological polar surface area (TPSA) is 63.9 Å². The number of amides is 1. The summed E-state index contributed by atoms with van der Waals surface area (Å²) in [5.74, 6) is -0.536. The van der Waals surface area contributed by atoms with Crippen LogP contribution in [0, 0.1) is 0 Å². The molecule has 0 spiro atoms. The predicted octanol–water partition coefficient (Wildman–Crippen LogP) is 4.47. The van der Waals surface area contributed by atoms with Crippen LogP contribution in [-0.2, 0) is 17.1 Å². The number of carbonyl (C=O) groups excluding carboxylic acids is 1. The maximum atomic E-state index is 13.0. The van der Waals surface area contributed by atoms with Crippen LogP contribution >= 0.6 is 0 Å². The van der Waals surface area contributed by atoms with Crippen LogP contribution in [0.5, 0.6) is 0 Å². The summed E-state index contributed by atoms with van der Waals surface area (Å²) in [7, 11) is 0. The van der Waals surface area contributed by atoms with Crippen LogP contribution in [0.15, 0.2) is 55.0 Å². The van der Waals surface area contributed by atoms with Crippen molar-refractivity contribution in [3.63, 3.8) is 0 Å². The van der Waals surface area contributed by atoms with E-state index < -0.39 is 29.0 Å². The smallest absolute Gasteiger partial charge is 0.338 e. The van der Waals surface area contributed by atoms with Gasteiger partial charge in [0.25, 0.3) is 0 Å². The highest BCUT2D eigenvalue weighted by molar-refractivity contribution is 5.90. The highest BCUT2D eigenvalue weighted by Gasteiger charge is 2.37. The highest BCUT2D eigenvalue weighted by Crippen LogP contribution is 2.38. The van der Waals surface area contributed by atoms with Crippen molar-refractivity contribution in [1.29, 1.82) is 0 Å². The van der Waals surface area contributed by atoms with Crippen LogP contribution in [-0.4, -0.2) is 43.6 Å². The minimum absolute atomic E-state index is 0.0321. The second kappa shape index (κ2) is 8.34. The third-order valence-electron chi connectivity index (χ3n) is 5.02. The van der Waals surface area contributed by atoms with Crippen molar-refractivity contribution in [2.45, 2.75) is 18.3 Å². The first-order valence-electron chi connectivity index (χ1n) is 9.60. The summed E-state index contributed by atoms with van der Waals surface area (Å²) in [5, 5.41) is 3.87. The third kappa shape index (κ3) is 5.04. The number of pyridine rings is 1. The molecule has 1 aliphatic rings. The average Bonchev–Trinajstić information content (AvgIpc) is 3.19. The van der Waals surface area contributed by atoms with Crippen molar-refractivity contribution in [3.05, 3.63) is 71.8 Å². The van der Waals surface area contributed by atoms with Crippen molar-refractivity contribution >= 4 is 12.1 Å². The largest absolute Gasteiger partial charge is 0.416 e. The van der Waals surface area contributed by atoms with E-state index in [-0.39, 0.29) is 23.7 Å². The van der Waals surface area contributed by atoms with E-state index in [2.05, 4.69) is 15.1 Å². The van der Waals surface area contributed by atoms with Gasteiger partial charge in [0, 0.05) is 48.7 Å². The number of halogens is 6. The molecule has 172 valence electrons. The maximum absolute atomic E-state index is 13.0. The molecule has 1 amide bonds. The first kappa shape index (κ1) is 22.5. The van der Waals surface area contributed by atoms with E-state index in [4.69, 9.17) is 0 Å². The zero-order chi connectivity index (χ0) is 23.8. The van der Waals surface area contributed by atoms with E-state index in [0.29, 0.717) is 25.2 Å². The quantitative estimate of drug-likeness (QED) is 0.420. The number of alkyl halides is 6. The molecule has 0 N–H and O–H groups in total. The second-order valence-corrected chi connectivity index (χ2v) is 7.35. The van der Waals surface area contributed by atoms with Gasteiger partial charge in [0.05, 0.1) is 11.1 Å². The number of benzene rings is 1. The van der Waals surface area contributed by atoms with Gasteiger partial charge in [0.1, 0.15) is 6.33 Å². The molecular weight excluding hydrogens is 452 g/mol. The second-order valence-electron chi connectivity index (χ2n) is 7.35. The monoisotopic (exact) mass is 467 g/mol. The van der Waals surface area contributed by atoms with Gasteiger partial charge in [-0.25, -0.2) is 9.67 Å². The number of hydrogen-bond donors (Lipinski definition) is 0. The number of aromatic nitrogens is 4. The molecule has 3 heterocycles. The fourth-order valence-corrected chi connectivity index (χ4v) is 3.27. The van der Waals surface area contributed by atoms with Crippen LogP contribution in [0.4, 0.5) is 26.3 Å². The molecule has 4 rings (SSSR count). The van der Waals surface area contributed by atoms with Gasteiger partial charge >= 0.3 is 12.4 Å². The van der Waals surface area contributed by atoms with Crippen LogP contribution < -0.4 is 0 Å². The molecule has 12 heteroatoms. The Bertz CT molecular complexity index is 1150. The minimum atomic E-state index is -4.98. The Labute approximate surface area is 183 Å². The molecule has 33 heavy (non-hydrogen) atoms. The first-order chi connectivity index (χ1) is 15.5. The van der Waals surface area contributed by atoms with Crippen molar-refractivity contribution in [1.82, 2.24) is 24.6 Å². The first-order valence-corrected chi connectivity index (χ1v) is 9.60. The van der Waals surface area contributed by atoms with E-state index >= 15 is 0 Å². The number of carbonyl (C=O) groups is 1. The van der Waals surface area contributed by atoms with E-state index in [1.54, 1.807) is 17.2 Å². The van der Waals surface area contributed by atoms with Crippen LogP contribution in [0.2, 0.25) is 0 Å². The van der Waals surface area contributed by atoms with E-state index in [0.717, 1.165) is 16.7 Å². The number of hydrogen-bond acceptors (Lipinski definition) is 4. The Hall–Kier alpha value is -3.70. The predicted molar refractivity (Wildman–Crippen MR) is 104 cm³/mol. The fourth-order valence-electron chi connectivity index (χ4n) is 3.27. The van der Waals surface area contributed by atoms with Gasteiger partial charge in [-0.2, -0.15) is 26.3 Å². The van der Waals surface area contributed by atoms with Gasteiger partial charge in [-0.1, -0.05) is 6.07 Å². The molecule has 1 aliphatic heterocycles. The zero-order valence-corrected chi connectivity index (χ0v) is 16.7. The van der Waals surface area contributed by atoms with Gasteiger partial charge < -0.3 is 4.90 Å². The van der Waals surface area contributed by atoms with E-state index in [1.165, 1.54) is 12.3 Å². The molecule has 0 radical (unpaired) electrons. The lowest BCUT2D eigenvalue weighted by Crippen LogP contribution is -2.48. The molecule has 1 aromatic carbocycles. The van der Waals surface area contributed by atoms with Crippen LogP contribution in [0.3, 0.4) is 0 Å². The van der Waals surface area contributed by atoms with Gasteiger partial charge in [-0.3, -0.25) is 9.78 Å². The summed E-state index contributed by atoms with van der Waals surface area (Å²) < 4.78 is 79.3. The zero-order valence-electron chi connectivity index (χ0n) is 16.7. The Kier molecular flexibility index (Phi) is 5.68. The molecule has 1 fully saturated rings. The van der Waals surface area contributed by atoms with Crippen LogP contribution in [0.1, 0.15) is 22.7 Å². The Morgan fingerprint density at radius 1 is 0.970 bits per heavy atom. The lowest BCUT2D eigenvalue weighted by atomic mass is 9.96. The Morgan fingerprint density at radius 3 is 2.21 bits per heavy atom. The van der Waals surface area contributed by atoms with E-state index in [9.17, 15) is 31.1 Å².